The maximum atomic E-state index is 6.66. The van der Waals surface area contributed by atoms with Crippen molar-refractivity contribution < 1.29 is 4.74 Å². The zero-order valence-corrected chi connectivity index (χ0v) is 13.0. The fraction of sp³-hybridized carbons (Fsp3) is 0.368. The van der Waals surface area contributed by atoms with E-state index in [-0.39, 0.29) is 11.5 Å². The second-order valence-corrected chi connectivity index (χ2v) is 6.19. The van der Waals surface area contributed by atoms with Crippen LogP contribution in [0.5, 0.6) is 5.75 Å². The summed E-state index contributed by atoms with van der Waals surface area (Å²) in [6, 6.07) is 15.1. The summed E-state index contributed by atoms with van der Waals surface area (Å²) in [5.41, 5.74) is 11.7. The van der Waals surface area contributed by atoms with Gasteiger partial charge in [0.15, 0.2) is 0 Å². The highest BCUT2D eigenvalue weighted by molar-refractivity contribution is 5.47. The average molecular weight is 281 g/mol. The summed E-state index contributed by atoms with van der Waals surface area (Å²) < 4.78 is 5.46. The van der Waals surface area contributed by atoms with Crippen molar-refractivity contribution in [3.05, 3.63) is 64.7 Å². The van der Waals surface area contributed by atoms with E-state index in [1.807, 2.05) is 0 Å². The highest BCUT2D eigenvalue weighted by Gasteiger charge is 2.49. The Kier molecular flexibility index (Phi) is 3.50. The lowest BCUT2D eigenvalue weighted by atomic mass is 9.83. The second-order valence-electron chi connectivity index (χ2n) is 6.19. The maximum Gasteiger partial charge on any atom is 0.124 e. The molecular weight excluding hydrogens is 258 g/mol. The number of hydrogen-bond donors (Lipinski definition) is 1. The summed E-state index contributed by atoms with van der Waals surface area (Å²) in [6.45, 7) is 4.17. The molecule has 0 amide bonds. The van der Waals surface area contributed by atoms with Gasteiger partial charge in [-0.15, -0.1) is 0 Å². The molecule has 0 spiro atoms. The number of rotatable bonds is 4. The molecule has 0 aromatic heterocycles. The molecule has 3 rings (SSSR count). The maximum absolute atomic E-state index is 6.66. The molecule has 2 aromatic carbocycles. The van der Waals surface area contributed by atoms with Crippen LogP contribution >= 0.6 is 0 Å². The summed E-state index contributed by atoms with van der Waals surface area (Å²) in [5.74, 6) is 0.968. The number of benzene rings is 2. The summed E-state index contributed by atoms with van der Waals surface area (Å²) in [6.07, 6.45) is 2.34. The summed E-state index contributed by atoms with van der Waals surface area (Å²) in [5, 5.41) is 0. The molecule has 1 aliphatic rings. The minimum absolute atomic E-state index is 0.0446. The lowest BCUT2D eigenvalue weighted by Crippen LogP contribution is -2.26. The van der Waals surface area contributed by atoms with Crippen LogP contribution in [0.25, 0.3) is 0 Å². The van der Waals surface area contributed by atoms with E-state index in [4.69, 9.17) is 10.5 Å². The van der Waals surface area contributed by atoms with Gasteiger partial charge in [0.1, 0.15) is 5.75 Å². The second kappa shape index (κ2) is 5.19. The third-order valence-electron chi connectivity index (χ3n) is 4.78. The number of ether oxygens (including phenoxy) is 1. The summed E-state index contributed by atoms with van der Waals surface area (Å²) in [7, 11) is 1.72. The third kappa shape index (κ3) is 2.34. The van der Waals surface area contributed by atoms with Crippen LogP contribution in [-0.2, 0) is 5.41 Å². The van der Waals surface area contributed by atoms with Gasteiger partial charge in [0, 0.05) is 11.5 Å². The number of nitrogens with two attached hydrogens (primary N) is 1. The van der Waals surface area contributed by atoms with E-state index in [2.05, 4.69) is 56.3 Å². The van der Waals surface area contributed by atoms with Crippen LogP contribution < -0.4 is 10.5 Å². The fourth-order valence-electron chi connectivity index (χ4n) is 3.49. The Morgan fingerprint density at radius 2 is 1.62 bits per heavy atom. The molecule has 0 aliphatic heterocycles. The highest BCUT2D eigenvalue weighted by atomic mass is 16.5. The molecule has 2 nitrogen and oxygen atoms in total. The fourth-order valence-corrected chi connectivity index (χ4v) is 3.49. The van der Waals surface area contributed by atoms with Crippen LogP contribution in [0.4, 0.5) is 0 Å². The lowest BCUT2D eigenvalue weighted by molar-refractivity contribution is 0.408. The van der Waals surface area contributed by atoms with E-state index < -0.39 is 0 Å². The Balaban J connectivity index is 1.98. The van der Waals surface area contributed by atoms with Gasteiger partial charge >= 0.3 is 0 Å². The van der Waals surface area contributed by atoms with Crippen LogP contribution in [0.2, 0.25) is 0 Å². The van der Waals surface area contributed by atoms with Crippen molar-refractivity contribution in [2.75, 3.05) is 7.11 Å². The minimum atomic E-state index is 0.0446. The van der Waals surface area contributed by atoms with Crippen molar-refractivity contribution in [1.82, 2.24) is 0 Å². The molecule has 1 atom stereocenters. The molecule has 1 aliphatic carbocycles. The van der Waals surface area contributed by atoms with Gasteiger partial charge in [-0.1, -0.05) is 42.5 Å². The monoisotopic (exact) mass is 281 g/mol. The van der Waals surface area contributed by atoms with E-state index in [1.165, 1.54) is 24.0 Å². The molecule has 2 N–H and O–H groups in total. The van der Waals surface area contributed by atoms with Crippen molar-refractivity contribution in [2.24, 2.45) is 5.73 Å². The normalized spacial score (nSPS) is 17.3. The van der Waals surface area contributed by atoms with E-state index in [0.717, 1.165) is 16.9 Å². The van der Waals surface area contributed by atoms with E-state index in [1.54, 1.807) is 7.11 Å². The van der Waals surface area contributed by atoms with Gasteiger partial charge in [-0.2, -0.15) is 0 Å². The largest absolute Gasteiger partial charge is 0.496 e. The lowest BCUT2D eigenvalue weighted by Gasteiger charge is -2.25. The zero-order chi connectivity index (χ0) is 15.0. The van der Waals surface area contributed by atoms with Crippen LogP contribution in [0, 0.1) is 13.8 Å². The Bertz CT molecular complexity index is 621. The Labute approximate surface area is 126 Å². The topological polar surface area (TPSA) is 35.2 Å². The van der Waals surface area contributed by atoms with Crippen LogP contribution in [0.3, 0.4) is 0 Å². The third-order valence-corrected chi connectivity index (χ3v) is 4.78. The molecule has 0 saturated heterocycles. The van der Waals surface area contributed by atoms with Crippen molar-refractivity contribution >= 4 is 0 Å². The van der Waals surface area contributed by atoms with Gasteiger partial charge in [-0.3, -0.25) is 0 Å². The van der Waals surface area contributed by atoms with Crippen molar-refractivity contribution in [1.29, 1.82) is 0 Å². The molecule has 1 saturated carbocycles. The number of methoxy groups -OCH3 is 1. The Morgan fingerprint density at radius 3 is 2.10 bits per heavy atom. The molecule has 0 radical (unpaired) electrons. The van der Waals surface area contributed by atoms with E-state index in [9.17, 15) is 0 Å². The summed E-state index contributed by atoms with van der Waals surface area (Å²) in [4.78, 5) is 0. The SMILES string of the molecule is COc1c(C)cc(C(N)C2(c3ccccc3)CC2)cc1C. The highest BCUT2D eigenvalue weighted by Crippen LogP contribution is 2.55. The van der Waals surface area contributed by atoms with Crippen molar-refractivity contribution in [2.45, 2.75) is 38.1 Å². The molecule has 2 aromatic rings. The smallest absolute Gasteiger partial charge is 0.124 e. The molecule has 0 bridgehead atoms. The molecule has 1 unspecified atom stereocenters. The van der Waals surface area contributed by atoms with Gasteiger partial charge in [-0.05, 0) is 48.9 Å². The standard InChI is InChI=1S/C19H23NO/c1-13-11-15(12-14(2)17(13)21-3)18(20)19(9-10-19)16-7-5-4-6-8-16/h4-8,11-12,18H,9-10,20H2,1-3H3. The first-order valence-corrected chi connectivity index (χ1v) is 7.55. The summed E-state index contributed by atoms with van der Waals surface area (Å²) >= 11 is 0. The van der Waals surface area contributed by atoms with Crippen molar-refractivity contribution in [3.8, 4) is 5.75 Å². The minimum Gasteiger partial charge on any atom is -0.496 e. The van der Waals surface area contributed by atoms with E-state index in [0.29, 0.717) is 0 Å². The first-order chi connectivity index (χ1) is 10.1. The first-order valence-electron chi connectivity index (χ1n) is 7.55. The van der Waals surface area contributed by atoms with Crippen LogP contribution in [-0.4, -0.2) is 7.11 Å². The molecule has 1 fully saturated rings. The van der Waals surface area contributed by atoms with Gasteiger partial charge in [-0.25, -0.2) is 0 Å². The molecule has 2 heteroatoms. The average Bonchev–Trinajstić information content (AvgIpc) is 3.29. The van der Waals surface area contributed by atoms with Crippen LogP contribution in [0.15, 0.2) is 42.5 Å². The molecule has 110 valence electrons. The van der Waals surface area contributed by atoms with Gasteiger partial charge in [0.05, 0.1) is 7.11 Å². The van der Waals surface area contributed by atoms with E-state index >= 15 is 0 Å². The predicted octanol–water partition coefficient (Wildman–Crippen LogP) is 4.04. The van der Waals surface area contributed by atoms with Crippen LogP contribution in [0.1, 0.15) is 41.1 Å². The Hall–Kier alpha value is -1.80. The first kappa shape index (κ1) is 14.2. The zero-order valence-electron chi connectivity index (χ0n) is 13.0. The van der Waals surface area contributed by atoms with Crippen molar-refractivity contribution in [3.63, 3.8) is 0 Å². The quantitative estimate of drug-likeness (QED) is 0.917. The van der Waals surface area contributed by atoms with Gasteiger partial charge in [0.2, 0.25) is 0 Å². The number of aryl methyl sites for hydroxylation is 2. The number of hydrogen-bond acceptors (Lipinski definition) is 2. The van der Waals surface area contributed by atoms with Gasteiger partial charge < -0.3 is 10.5 Å². The Morgan fingerprint density at radius 1 is 1.05 bits per heavy atom. The molecule has 0 heterocycles. The van der Waals surface area contributed by atoms with Gasteiger partial charge in [0.25, 0.3) is 0 Å². The predicted molar refractivity (Wildman–Crippen MR) is 86.8 cm³/mol. The molecular formula is C19H23NO. The molecule has 21 heavy (non-hydrogen) atoms.